The Labute approximate surface area is 117 Å². The van der Waals surface area contributed by atoms with Gasteiger partial charge in [-0.1, -0.05) is 19.3 Å². The van der Waals surface area contributed by atoms with Crippen LogP contribution in [0, 0.1) is 11.8 Å². The predicted octanol–water partition coefficient (Wildman–Crippen LogP) is 1.88. The Morgan fingerprint density at radius 1 is 0.947 bits per heavy atom. The monoisotopic (exact) mass is 288 g/mol. The minimum absolute atomic E-state index is 0.310. The lowest BCUT2D eigenvalue weighted by Gasteiger charge is -2.23. The van der Waals surface area contributed by atoms with E-state index in [0.717, 1.165) is 32.4 Å². The van der Waals surface area contributed by atoms with E-state index in [-0.39, 0.29) is 0 Å². The van der Waals surface area contributed by atoms with Gasteiger partial charge in [0.15, 0.2) is 0 Å². The highest BCUT2D eigenvalue weighted by atomic mass is 32.2. The maximum Gasteiger partial charge on any atom is 0.211 e. The second-order valence-electron chi connectivity index (χ2n) is 6.15. The quantitative estimate of drug-likeness (QED) is 0.784. The van der Waals surface area contributed by atoms with Crippen LogP contribution in [0.1, 0.15) is 51.4 Å². The largest absolute Gasteiger partial charge is 0.317 e. The summed E-state index contributed by atoms with van der Waals surface area (Å²) in [5.74, 6) is 1.47. The molecule has 0 aromatic rings. The normalized spacial score (nSPS) is 23.6. The molecule has 2 rings (SSSR count). The van der Waals surface area contributed by atoms with E-state index in [9.17, 15) is 8.42 Å². The van der Waals surface area contributed by atoms with Crippen LogP contribution in [0.15, 0.2) is 0 Å². The van der Waals surface area contributed by atoms with Gasteiger partial charge >= 0.3 is 0 Å². The molecule has 1 heterocycles. The molecule has 0 spiro atoms. The number of sulfonamides is 1. The minimum Gasteiger partial charge on any atom is -0.317 e. The van der Waals surface area contributed by atoms with Gasteiger partial charge in [-0.15, -0.1) is 0 Å². The highest BCUT2D eigenvalue weighted by Crippen LogP contribution is 2.23. The average Bonchev–Trinajstić information content (AvgIpc) is 2.46. The molecule has 112 valence electrons. The third kappa shape index (κ3) is 5.79. The van der Waals surface area contributed by atoms with Crippen LogP contribution in [0.3, 0.4) is 0 Å². The fourth-order valence-electron chi connectivity index (χ4n) is 3.20. The molecular weight excluding hydrogens is 260 g/mol. The first-order chi connectivity index (χ1) is 9.16. The van der Waals surface area contributed by atoms with Crippen LogP contribution in [0.4, 0.5) is 0 Å². The molecule has 0 bridgehead atoms. The van der Waals surface area contributed by atoms with Gasteiger partial charge < -0.3 is 5.32 Å². The molecule has 1 saturated carbocycles. The topological polar surface area (TPSA) is 58.2 Å². The standard InChI is InChI=1S/C14H28N2O2S/c17-19(18,11-8-13-6-9-15-10-7-13)16-12-14-4-2-1-3-5-14/h13-16H,1-12H2. The van der Waals surface area contributed by atoms with E-state index < -0.39 is 10.0 Å². The first-order valence-electron chi connectivity index (χ1n) is 7.84. The third-order valence-electron chi connectivity index (χ3n) is 4.57. The summed E-state index contributed by atoms with van der Waals surface area (Å²) in [5.41, 5.74) is 0. The number of rotatable bonds is 6. The molecule has 5 heteroatoms. The summed E-state index contributed by atoms with van der Waals surface area (Å²) < 4.78 is 26.8. The van der Waals surface area contributed by atoms with Gasteiger partial charge in [0.2, 0.25) is 10.0 Å². The molecule has 1 aliphatic heterocycles. The molecule has 2 fully saturated rings. The Kier molecular flexibility index (Phi) is 6.10. The van der Waals surface area contributed by atoms with E-state index >= 15 is 0 Å². The second-order valence-corrected chi connectivity index (χ2v) is 8.08. The van der Waals surface area contributed by atoms with Crippen LogP contribution in [0.2, 0.25) is 0 Å². The molecule has 0 aromatic heterocycles. The van der Waals surface area contributed by atoms with E-state index in [1.165, 1.54) is 32.1 Å². The summed E-state index contributed by atoms with van der Waals surface area (Å²) in [4.78, 5) is 0. The van der Waals surface area contributed by atoms with Gasteiger partial charge in [-0.2, -0.15) is 0 Å². The van der Waals surface area contributed by atoms with Crippen molar-refractivity contribution < 1.29 is 8.42 Å². The Balaban J connectivity index is 1.65. The molecule has 0 aromatic carbocycles. The third-order valence-corrected chi connectivity index (χ3v) is 5.95. The van der Waals surface area contributed by atoms with Crippen LogP contribution in [-0.2, 0) is 10.0 Å². The van der Waals surface area contributed by atoms with Gasteiger partial charge in [0.05, 0.1) is 5.75 Å². The summed E-state index contributed by atoms with van der Waals surface area (Å²) in [6.07, 6.45) is 9.30. The lowest BCUT2D eigenvalue weighted by Crippen LogP contribution is -2.34. The zero-order chi connectivity index (χ0) is 13.6. The van der Waals surface area contributed by atoms with E-state index in [2.05, 4.69) is 10.0 Å². The van der Waals surface area contributed by atoms with Crippen molar-refractivity contribution in [1.82, 2.24) is 10.0 Å². The van der Waals surface area contributed by atoms with Gasteiger partial charge in [-0.25, -0.2) is 13.1 Å². The fourth-order valence-corrected chi connectivity index (χ4v) is 4.48. The van der Waals surface area contributed by atoms with Crippen molar-refractivity contribution >= 4 is 10.0 Å². The maximum absolute atomic E-state index is 12.0. The van der Waals surface area contributed by atoms with E-state index in [0.29, 0.717) is 24.1 Å². The van der Waals surface area contributed by atoms with E-state index in [4.69, 9.17) is 0 Å². The molecule has 2 N–H and O–H groups in total. The lowest BCUT2D eigenvalue weighted by atomic mass is 9.90. The van der Waals surface area contributed by atoms with Gasteiger partial charge in [-0.3, -0.25) is 0 Å². The number of piperidine rings is 1. The van der Waals surface area contributed by atoms with Crippen LogP contribution >= 0.6 is 0 Å². The second kappa shape index (κ2) is 7.60. The molecule has 2 aliphatic rings. The Bertz CT molecular complexity index is 316. The predicted molar refractivity (Wildman–Crippen MR) is 78.6 cm³/mol. The van der Waals surface area contributed by atoms with E-state index in [1.54, 1.807) is 0 Å². The molecule has 0 unspecified atom stereocenters. The first kappa shape index (κ1) is 15.3. The molecular formula is C14H28N2O2S. The van der Waals surface area contributed by atoms with Gasteiger partial charge in [0.25, 0.3) is 0 Å². The SMILES string of the molecule is O=S(=O)(CCC1CCNCC1)NCC1CCCCC1. The van der Waals surface area contributed by atoms with Crippen molar-refractivity contribution in [2.75, 3.05) is 25.4 Å². The molecule has 4 nitrogen and oxygen atoms in total. The zero-order valence-electron chi connectivity index (χ0n) is 11.9. The van der Waals surface area contributed by atoms with E-state index in [1.807, 2.05) is 0 Å². The van der Waals surface area contributed by atoms with Crippen molar-refractivity contribution in [1.29, 1.82) is 0 Å². The zero-order valence-corrected chi connectivity index (χ0v) is 12.7. The van der Waals surface area contributed by atoms with Crippen LogP contribution in [0.5, 0.6) is 0 Å². The molecule has 0 atom stereocenters. The number of nitrogens with one attached hydrogen (secondary N) is 2. The highest BCUT2D eigenvalue weighted by molar-refractivity contribution is 7.89. The lowest BCUT2D eigenvalue weighted by molar-refractivity contribution is 0.354. The van der Waals surface area contributed by atoms with Gasteiger partial charge in [-0.05, 0) is 57.0 Å². The fraction of sp³-hybridized carbons (Fsp3) is 1.00. The van der Waals surface area contributed by atoms with Gasteiger partial charge in [0, 0.05) is 6.54 Å². The number of hydrogen-bond donors (Lipinski definition) is 2. The molecule has 0 amide bonds. The molecule has 0 radical (unpaired) electrons. The van der Waals surface area contributed by atoms with Crippen molar-refractivity contribution in [2.24, 2.45) is 11.8 Å². The Morgan fingerprint density at radius 3 is 2.32 bits per heavy atom. The minimum atomic E-state index is -3.05. The van der Waals surface area contributed by atoms with Crippen molar-refractivity contribution in [3.8, 4) is 0 Å². The van der Waals surface area contributed by atoms with Crippen molar-refractivity contribution in [2.45, 2.75) is 51.4 Å². The summed E-state index contributed by atoms with van der Waals surface area (Å²) in [6, 6.07) is 0. The van der Waals surface area contributed by atoms with Crippen LogP contribution < -0.4 is 10.0 Å². The molecule has 19 heavy (non-hydrogen) atoms. The van der Waals surface area contributed by atoms with Crippen LogP contribution in [-0.4, -0.2) is 33.8 Å². The van der Waals surface area contributed by atoms with Crippen molar-refractivity contribution in [3.05, 3.63) is 0 Å². The molecule has 1 aliphatic carbocycles. The summed E-state index contributed by atoms with van der Waals surface area (Å²) >= 11 is 0. The smallest absolute Gasteiger partial charge is 0.211 e. The van der Waals surface area contributed by atoms with Crippen LogP contribution in [0.25, 0.3) is 0 Å². The van der Waals surface area contributed by atoms with Gasteiger partial charge in [0.1, 0.15) is 0 Å². The maximum atomic E-state index is 12.0. The Morgan fingerprint density at radius 2 is 1.63 bits per heavy atom. The summed E-state index contributed by atoms with van der Waals surface area (Å²) in [6.45, 7) is 2.75. The van der Waals surface area contributed by atoms with Crippen molar-refractivity contribution in [3.63, 3.8) is 0 Å². The average molecular weight is 288 g/mol. The first-order valence-corrected chi connectivity index (χ1v) is 9.49. The Hall–Kier alpha value is -0.130. The molecule has 1 saturated heterocycles. The highest BCUT2D eigenvalue weighted by Gasteiger charge is 2.19. The number of hydrogen-bond acceptors (Lipinski definition) is 3. The summed E-state index contributed by atoms with van der Waals surface area (Å²) in [5, 5.41) is 3.31. The summed E-state index contributed by atoms with van der Waals surface area (Å²) in [7, 11) is -3.05.